The summed E-state index contributed by atoms with van der Waals surface area (Å²) in [5.41, 5.74) is 0.944. The van der Waals surface area contributed by atoms with Crippen LogP contribution in [0.2, 0.25) is 0 Å². The Morgan fingerprint density at radius 2 is 1.89 bits per heavy atom. The van der Waals surface area contributed by atoms with Crippen LogP contribution in [0.1, 0.15) is 13.3 Å². The molecule has 7 heteroatoms. The highest BCUT2D eigenvalue weighted by Gasteiger charge is 2.16. The minimum atomic E-state index is 0.552. The van der Waals surface area contributed by atoms with Crippen molar-refractivity contribution in [2.75, 3.05) is 71.9 Å². The van der Waals surface area contributed by atoms with E-state index in [1.54, 1.807) is 7.05 Å². The van der Waals surface area contributed by atoms with Crippen LogP contribution < -0.4 is 20.1 Å². The Hall–Kier alpha value is -1.99. The van der Waals surface area contributed by atoms with E-state index in [1.165, 1.54) is 0 Å². The quantitative estimate of drug-likeness (QED) is 0.604. The molecule has 1 saturated heterocycles. The molecule has 0 radical (unpaired) electrons. The number of likely N-dealkylation sites (N-methyl/N-ethyl adjacent to an activating group) is 1. The van der Waals surface area contributed by atoms with E-state index in [9.17, 15) is 0 Å². The number of anilines is 1. The first-order valence-corrected chi connectivity index (χ1v) is 9.92. The number of hydrogen-bond acceptors (Lipinski definition) is 5. The van der Waals surface area contributed by atoms with Crippen molar-refractivity contribution in [2.45, 2.75) is 13.3 Å². The summed E-state index contributed by atoms with van der Waals surface area (Å²) >= 11 is 0. The van der Waals surface area contributed by atoms with Gasteiger partial charge in [0.1, 0.15) is 0 Å². The summed E-state index contributed by atoms with van der Waals surface area (Å²) in [7, 11) is 3.99. The first kappa shape index (κ1) is 19.8. The van der Waals surface area contributed by atoms with Crippen LogP contribution in [0.4, 0.5) is 5.69 Å². The van der Waals surface area contributed by atoms with E-state index >= 15 is 0 Å². The fraction of sp³-hybridized carbons (Fsp3) is 0.650. The van der Waals surface area contributed by atoms with Crippen LogP contribution in [0.15, 0.2) is 23.2 Å². The van der Waals surface area contributed by atoms with Crippen LogP contribution in [0.3, 0.4) is 0 Å². The summed E-state index contributed by atoms with van der Waals surface area (Å²) in [5.74, 6) is 2.92. The molecule has 150 valence electrons. The predicted molar refractivity (Wildman–Crippen MR) is 110 cm³/mol. The van der Waals surface area contributed by atoms with E-state index in [0.717, 1.165) is 68.8 Å². The molecule has 3 rings (SSSR count). The van der Waals surface area contributed by atoms with Crippen LogP contribution in [0.5, 0.6) is 11.5 Å². The summed E-state index contributed by atoms with van der Waals surface area (Å²) < 4.78 is 11.4. The maximum atomic E-state index is 5.76. The molecular weight excluding hydrogens is 342 g/mol. The lowest BCUT2D eigenvalue weighted by molar-refractivity contribution is 0.139. The van der Waals surface area contributed by atoms with Gasteiger partial charge in [0, 0.05) is 64.5 Å². The maximum Gasteiger partial charge on any atom is 0.195 e. The largest absolute Gasteiger partial charge is 0.490 e. The van der Waals surface area contributed by atoms with Gasteiger partial charge in [-0.1, -0.05) is 6.92 Å². The lowest BCUT2D eigenvalue weighted by atomic mass is 10.1. The number of rotatable bonds is 5. The standard InChI is InChI=1S/C20H33N5O2/c1-16(15-25-9-7-24(3)8-10-25)14-22-20(21-2)23-17-5-6-18-19(13-17)27-12-4-11-26-18/h5-6,13,16H,4,7-12,14-15H2,1-3H3,(H2,21,22,23). The third kappa shape index (κ3) is 6.01. The Kier molecular flexibility index (Phi) is 7.18. The Morgan fingerprint density at radius 3 is 2.63 bits per heavy atom. The zero-order valence-electron chi connectivity index (χ0n) is 16.8. The molecule has 0 bridgehead atoms. The fourth-order valence-corrected chi connectivity index (χ4v) is 3.36. The second-order valence-corrected chi connectivity index (χ2v) is 7.50. The molecule has 1 aromatic carbocycles. The SMILES string of the molecule is CN=C(NCC(C)CN1CCN(C)CC1)Nc1ccc2c(c1)OCCCO2. The van der Waals surface area contributed by atoms with E-state index < -0.39 is 0 Å². The van der Waals surface area contributed by atoms with Crippen LogP contribution in [0.25, 0.3) is 0 Å². The predicted octanol–water partition coefficient (Wildman–Crippen LogP) is 1.72. The van der Waals surface area contributed by atoms with Crippen molar-refractivity contribution in [1.82, 2.24) is 15.1 Å². The average Bonchev–Trinajstić information content (AvgIpc) is 2.92. The molecule has 27 heavy (non-hydrogen) atoms. The summed E-state index contributed by atoms with van der Waals surface area (Å²) in [6, 6.07) is 5.92. The van der Waals surface area contributed by atoms with Crippen molar-refractivity contribution in [3.05, 3.63) is 18.2 Å². The van der Waals surface area contributed by atoms with E-state index in [2.05, 4.69) is 39.4 Å². The highest BCUT2D eigenvalue weighted by molar-refractivity contribution is 5.93. The van der Waals surface area contributed by atoms with Gasteiger partial charge >= 0.3 is 0 Å². The first-order valence-electron chi connectivity index (χ1n) is 9.92. The minimum absolute atomic E-state index is 0.552. The smallest absolute Gasteiger partial charge is 0.195 e. The molecule has 1 aromatic rings. The Balaban J connectivity index is 1.47. The Bertz CT molecular complexity index is 629. The second-order valence-electron chi connectivity index (χ2n) is 7.50. The number of piperazine rings is 1. The molecule has 7 nitrogen and oxygen atoms in total. The number of ether oxygens (including phenoxy) is 2. The molecular formula is C20H33N5O2. The van der Waals surface area contributed by atoms with Gasteiger partial charge in [-0.3, -0.25) is 4.99 Å². The van der Waals surface area contributed by atoms with E-state index in [0.29, 0.717) is 19.1 Å². The van der Waals surface area contributed by atoms with Crippen molar-refractivity contribution < 1.29 is 9.47 Å². The van der Waals surface area contributed by atoms with Crippen LogP contribution in [-0.2, 0) is 0 Å². The molecule has 0 amide bonds. The minimum Gasteiger partial charge on any atom is -0.490 e. The van der Waals surface area contributed by atoms with Crippen LogP contribution in [0, 0.1) is 5.92 Å². The third-order valence-electron chi connectivity index (χ3n) is 5.02. The summed E-state index contributed by atoms with van der Waals surface area (Å²) in [6.07, 6.45) is 0.909. The van der Waals surface area contributed by atoms with Crippen molar-refractivity contribution in [3.8, 4) is 11.5 Å². The van der Waals surface area contributed by atoms with Gasteiger partial charge < -0.3 is 29.9 Å². The molecule has 1 unspecified atom stereocenters. The normalized spacial score (nSPS) is 20.0. The molecule has 1 atom stereocenters. The van der Waals surface area contributed by atoms with Gasteiger partial charge in [-0.2, -0.15) is 0 Å². The number of nitrogens with zero attached hydrogens (tertiary/aromatic N) is 3. The van der Waals surface area contributed by atoms with Gasteiger partial charge in [0.15, 0.2) is 17.5 Å². The van der Waals surface area contributed by atoms with Crippen molar-refractivity contribution >= 4 is 11.6 Å². The van der Waals surface area contributed by atoms with Gasteiger partial charge in [0.25, 0.3) is 0 Å². The zero-order valence-corrected chi connectivity index (χ0v) is 16.8. The molecule has 2 heterocycles. The first-order chi connectivity index (χ1) is 13.1. The number of guanidine groups is 1. The Morgan fingerprint density at radius 1 is 1.15 bits per heavy atom. The van der Waals surface area contributed by atoms with Crippen molar-refractivity contribution in [1.29, 1.82) is 0 Å². The number of benzene rings is 1. The van der Waals surface area contributed by atoms with Crippen molar-refractivity contribution in [2.24, 2.45) is 10.9 Å². The van der Waals surface area contributed by atoms with Gasteiger partial charge in [-0.15, -0.1) is 0 Å². The molecule has 0 spiro atoms. The Labute approximate surface area is 162 Å². The van der Waals surface area contributed by atoms with Crippen LogP contribution >= 0.6 is 0 Å². The highest BCUT2D eigenvalue weighted by Crippen LogP contribution is 2.32. The average molecular weight is 376 g/mol. The number of nitrogens with one attached hydrogen (secondary N) is 2. The topological polar surface area (TPSA) is 61.4 Å². The lowest BCUT2D eigenvalue weighted by Crippen LogP contribution is -2.47. The summed E-state index contributed by atoms with van der Waals surface area (Å²) in [6.45, 7) is 10.3. The molecule has 0 aliphatic carbocycles. The molecule has 1 fully saturated rings. The van der Waals surface area contributed by atoms with Gasteiger partial charge in [0.05, 0.1) is 13.2 Å². The molecule has 2 aliphatic heterocycles. The maximum absolute atomic E-state index is 5.76. The lowest BCUT2D eigenvalue weighted by Gasteiger charge is -2.34. The van der Waals surface area contributed by atoms with Gasteiger partial charge in [0.2, 0.25) is 0 Å². The number of fused-ring (bicyclic) bond motifs is 1. The highest BCUT2D eigenvalue weighted by atomic mass is 16.5. The van der Waals surface area contributed by atoms with E-state index in [4.69, 9.17) is 9.47 Å². The molecule has 2 aliphatic rings. The zero-order chi connectivity index (χ0) is 19.1. The van der Waals surface area contributed by atoms with Crippen molar-refractivity contribution in [3.63, 3.8) is 0 Å². The number of aliphatic imine (C=N–C) groups is 1. The van der Waals surface area contributed by atoms with E-state index in [-0.39, 0.29) is 0 Å². The molecule has 2 N–H and O–H groups in total. The monoisotopic (exact) mass is 375 g/mol. The second kappa shape index (κ2) is 9.80. The third-order valence-corrected chi connectivity index (χ3v) is 5.02. The van der Waals surface area contributed by atoms with Crippen LogP contribution in [-0.4, -0.2) is 82.3 Å². The number of hydrogen-bond donors (Lipinski definition) is 2. The van der Waals surface area contributed by atoms with Gasteiger partial charge in [-0.05, 0) is 25.1 Å². The summed E-state index contributed by atoms with van der Waals surface area (Å²) in [5, 5.41) is 6.79. The fourth-order valence-electron chi connectivity index (χ4n) is 3.36. The van der Waals surface area contributed by atoms with E-state index in [1.807, 2.05) is 18.2 Å². The summed E-state index contributed by atoms with van der Waals surface area (Å²) in [4.78, 5) is 9.28. The molecule has 0 saturated carbocycles. The molecule has 0 aromatic heterocycles. The van der Waals surface area contributed by atoms with Gasteiger partial charge in [-0.25, -0.2) is 0 Å².